The molecule has 1 unspecified atom stereocenters. The third-order valence-corrected chi connectivity index (χ3v) is 9.03. The Morgan fingerprint density at radius 2 is 1.58 bits per heavy atom. The Kier molecular flexibility index (Phi) is 4.59. The summed E-state index contributed by atoms with van der Waals surface area (Å²) in [6.07, 6.45) is 0.803. The van der Waals surface area contributed by atoms with Gasteiger partial charge in [-0.2, -0.15) is 0 Å². The molecule has 0 amide bonds. The number of nitrogens with zero attached hydrogens (tertiary/aromatic N) is 3. The molecule has 2 aliphatic heterocycles. The van der Waals surface area contributed by atoms with Crippen molar-refractivity contribution in [3.8, 4) is 22.5 Å². The highest BCUT2D eigenvalue weighted by molar-refractivity contribution is 6.09. The van der Waals surface area contributed by atoms with Crippen molar-refractivity contribution in [1.82, 2.24) is 4.98 Å². The van der Waals surface area contributed by atoms with Crippen LogP contribution < -0.4 is 9.13 Å². The van der Waals surface area contributed by atoms with Gasteiger partial charge in [0, 0.05) is 52.1 Å². The molecule has 4 heteroatoms. The lowest BCUT2D eigenvalue weighted by Gasteiger charge is -2.19. The smallest absolute Gasteiger partial charge is 0.417 e. The van der Waals surface area contributed by atoms with E-state index in [1.807, 2.05) is 63.4 Å². The molecule has 0 aliphatic carbocycles. The summed E-state index contributed by atoms with van der Waals surface area (Å²) in [4.78, 5) is 4.79. The van der Waals surface area contributed by atoms with E-state index in [0.29, 0.717) is 22.4 Å². The van der Waals surface area contributed by atoms with Gasteiger partial charge in [-0.1, -0.05) is 63.2 Å². The first-order valence-corrected chi connectivity index (χ1v) is 15.5. The monoisotopic (exact) mass is 589 g/mol. The Balaban J connectivity index is 1.38. The normalized spacial score (nSPS) is 18.2. The number of aromatic nitrogens is 3. The standard InChI is InChI=1S/C41H35N3O/c1-26-14-19-35-32-12-8-9-13-33(32)41(44(35)25-26)34-18-17-30-31-16-15-29(22-27-10-6-5-7-11-27)42-39(31)45-38(30)37(34)36-23-28(20-21-43(36)41)24-40(2,3)4/h5-21,23,25H,22,24H2,1-4H3/q+2/i22D2,24D2. The lowest BCUT2D eigenvalue weighted by atomic mass is 9.88. The third-order valence-electron chi connectivity index (χ3n) is 9.03. The minimum Gasteiger partial charge on any atom is -0.437 e. The number of pyridine rings is 3. The van der Waals surface area contributed by atoms with Gasteiger partial charge < -0.3 is 4.42 Å². The van der Waals surface area contributed by atoms with E-state index in [0.717, 1.165) is 50.0 Å². The van der Waals surface area contributed by atoms with Gasteiger partial charge in [0.2, 0.25) is 17.1 Å². The van der Waals surface area contributed by atoms with Crippen LogP contribution >= 0.6 is 0 Å². The summed E-state index contributed by atoms with van der Waals surface area (Å²) >= 11 is 0. The lowest BCUT2D eigenvalue weighted by molar-refractivity contribution is -0.955. The highest BCUT2D eigenvalue weighted by Crippen LogP contribution is 2.50. The third kappa shape index (κ3) is 3.75. The van der Waals surface area contributed by atoms with Gasteiger partial charge in [-0.15, -0.1) is 9.13 Å². The SMILES string of the molecule is [2H]C([2H])(c1ccccc1)c1ccc2c(n1)oc1c3c(ccc12)C1(c2ccccc2-c2ccc(C)c[n+]21)[n+]1ccc(C([2H])([2H])C(C)(C)C)cc1-3. The molecule has 1 atom stereocenters. The van der Waals surface area contributed by atoms with Crippen molar-refractivity contribution >= 4 is 22.1 Å². The zero-order valence-corrected chi connectivity index (χ0v) is 25.7. The molecule has 45 heavy (non-hydrogen) atoms. The van der Waals surface area contributed by atoms with Crippen LogP contribution in [0.5, 0.6) is 0 Å². The van der Waals surface area contributed by atoms with Crippen LogP contribution in [0.1, 0.15) is 59.8 Å². The molecular weight excluding hydrogens is 550 g/mol. The second-order valence-electron chi connectivity index (χ2n) is 13.2. The largest absolute Gasteiger partial charge is 0.437 e. The van der Waals surface area contributed by atoms with E-state index in [1.54, 1.807) is 18.2 Å². The van der Waals surface area contributed by atoms with Crippen LogP contribution in [0, 0.1) is 12.3 Å². The van der Waals surface area contributed by atoms with Crippen LogP contribution in [0.25, 0.3) is 44.6 Å². The molecule has 0 bridgehead atoms. The van der Waals surface area contributed by atoms with Crippen molar-refractivity contribution in [2.24, 2.45) is 5.41 Å². The summed E-state index contributed by atoms with van der Waals surface area (Å²) in [6.45, 7) is 7.89. The molecule has 4 nitrogen and oxygen atoms in total. The van der Waals surface area contributed by atoms with Crippen molar-refractivity contribution in [2.75, 3.05) is 0 Å². The number of furan rings is 1. The van der Waals surface area contributed by atoms with Crippen LogP contribution in [0.3, 0.4) is 0 Å². The van der Waals surface area contributed by atoms with E-state index in [1.165, 1.54) is 0 Å². The fraction of sp³-hybridized carbons (Fsp3) is 0.195. The van der Waals surface area contributed by atoms with Gasteiger partial charge in [-0.25, -0.2) is 4.98 Å². The van der Waals surface area contributed by atoms with Gasteiger partial charge in [0.05, 0.1) is 5.56 Å². The number of benzene rings is 3. The van der Waals surface area contributed by atoms with Crippen molar-refractivity contribution in [2.45, 2.75) is 46.1 Å². The van der Waals surface area contributed by atoms with Crippen molar-refractivity contribution < 1.29 is 19.0 Å². The van der Waals surface area contributed by atoms with Gasteiger partial charge in [-0.05, 0) is 72.3 Å². The molecule has 7 aromatic rings. The molecule has 3 aromatic carbocycles. The van der Waals surface area contributed by atoms with E-state index in [-0.39, 0.29) is 5.69 Å². The Labute approximate surface area is 268 Å². The topological polar surface area (TPSA) is 33.8 Å². The van der Waals surface area contributed by atoms with Crippen molar-refractivity contribution in [3.63, 3.8) is 0 Å². The molecule has 2 aliphatic rings. The molecule has 0 fully saturated rings. The second kappa shape index (κ2) is 9.21. The Bertz CT molecular complexity index is 2520. The maximum absolute atomic E-state index is 9.22. The van der Waals surface area contributed by atoms with Gasteiger partial charge in [0.25, 0.3) is 0 Å². The second-order valence-corrected chi connectivity index (χ2v) is 13.2. The molecular formula is C41H35N3O+2. The van der Waals surface area contributed by atoms with Crippen molar-refractivity contribution in [3.05, 3.63) is 149 Å². The molecule has 0 saturated carbocycles. The highest BCUT2D eigenvalue weighted by Gasteiger charge is 2.67. The lowest BCUT2D eigenvalue weighted by Crippen LogP contribution is -2.71. The number of fused-ring (bicyclic) bond motifs is 14. The van der Waals surface area contributed by atoms with E-state index < -0.39 is 23.8 Å². The van der Waals surface area contributed by atoms with Gasteiger partial charge in [-0.3, -0.25) is 0 Å². The molecule has 0 radical (unpaired) electrons. The predicted octanol–water partition coefficient (Wildman–Crippen LogP) is 8.30. The first kappa shape index (κ1) is 22.4. The summed E-state index contributed by atoms with van der Waals surface area (Å²) in [7, 11) is 0. The van der Waals surface area contributed by atoms with Gasteiger partial charge >= 0.3 is 5.66 Å². The van der Waals surface area contributed by atoms with Gasteiger partial charge in [0.15, 0.2) is 18.0 Å². The molecule has 0 saturated heterocycles. The first-order valence-electron chi connectivity index (χ1n) is 17.5. The number of rotatable bonds is 3. The van der Waals surface area contributed by atoms with E-state index >= 15 is 0 Å². The quantitative estimate of drug-likeness (QED) is 0.194. The fourth-order valence-electron chi connectivity index (χ4n) is 7.37. The predicted molar refractivity (Wildman–Crippen MR) is 178 cm³/mol. The number of hydrogen-bond acceptors (Lipinski definition) is 2. The zero-order valence-electron chi connectivity index (χ0n) is 29.7. The summed E-state index contributed by atoms with van der Waals surface area (Å²) in [5.74, 6) is 0. The van der Waals surface area contributed by atoms with Gasteiger partial charge in [0.1, 0.15) is 16.7 Å². The number of aryl methyl sites for hydroxylation is 1. The minimum atomic E-state index is -1.82. The zero-order chi connectivity index (χ0) is 34.1. The van der Waals surface area contributed by atoms with Crippen LogP contribution in [0.2, 0.25) is 0 Å². The summed E-state index contributed by atoms with van der Waals surface area (Å²) in [5, 5.41) is 1.68. The maximum atomic E-state index is 9.22. The average molecular weight is 590 g/mol. The molecule has 218 valence electrons. The summed E-state index contributed by atoms with van der Waals surface area (Å²) in [5.41, 5.74) is 8.23. The maximum Gasteiger partial charge on any atom is 0.417 e. The molecule has 1 spiro atoms. The molecule has 6 heterocycles. The van der Waals surface area contributed by atoms with Crippen LogP contribution in [-0.2, 0) is 18.4 Å². The molecule has 4 aromatic heterocycles. The Hall–Kier alpha value is -5.09. The van der Waals surface area contributed by atoms with E-state index in [9.17, 15) is 2.74 Å². The Morgan fingerprint density at radius 1 is 0.778 bits per heavy atom. The van der Waals surface area contributed by atoms with Crippen molar-refractivity contribution in [1.29, 1.82) is 0 Å². The summed E-state index contributed by atoms with van der Waals surface area (Å²) in [6, 6.07) is 33.8. The molecule has 0 N–H and O–H groups in total. The Morgan fingerprint density at radius 3 is 2.42 bits per heavy atom. The van der Waals surface area contributed by atoms with Crippen LogP contribution in [0.4, 0.5) is 0 Å². The van der Waals surface area contributed by atoms with E-state index in [2.05, 4.69) is 70.8 Å². The van der Waals surface area contributed by atoms with Crippen LogP contribution in [-0.4, -0.2) is 4.98 Å². The molecule has 9 rings (SSSR count). The highest BCUT2D eigenvalue weighted by atomic mass is 16.3. The first-order chi connectivity index (χ1) is 23.3. The average Bonchev–Trinajstić information content (AvgIpc) is 3.71. The minimum absolute atomic E-state index is 0.276. The summed E-state index contributed by atoms with van der Waals surface area (Å²) < 4.78 is 47.7. The number of hydrogen-bond donors (Lipinski definition) is 0. The van der Waals surface area contributed by atoms with E-state index in [4.69, 9.17) is 12.1 Å². The fourth-order valence-corrected chi connectivity index (χ4v) is 7.37. The van der Waals surface area contributed by atoms with Crippen LogP contribution in [0.15, 0.2) is 120 Å².